The zero-order chi connectivity index (χ0) is 19.5. The van der Waals surface area contributed by atoms with Gasteiger partial charge in [0.25, 0.3) is 5.91 Å². The van der Waals surface area contributed by atoms with Crippen molar-refractivity contribution >= 4 is 23.3 Å². The lowest BCUT2D eigenvalue weighted by Crippen LogP contribution is -2.50. The Bertz CT molecular complexity index is 903. The van der Waals surface area contributed by atoms with Crippen molar-refractivity contribution in [3.05, 3.63) is 70.8 Å². The lowest BCUT2D eigenvalue weighted by Gasteiger charge is -2.37. The molecule has 1 amide bonds. The molecule has 6 nitrogen and oxygen atoms in total. The average molecular weight is 402 g/mol. The van der Waals surface area contributed by atoms with Gasteiger partial charge >= 0.3 is 0 Å². The molecule has 1 fully saturated rings. The van der Waals surface area contributed by atoms with Crippen LogP contribution in [0.15, 0.2) is 54.4 Å². The number of hydrogen-bond acceptors (Lipinski definition) is 4. The first kappa shape index (κ1) is 18.7. The molecule has 2 aliphatic heterocycles. The second-order valence-electron chi connectivity index (χ2n) is 6.81. The minimum absolute atomic E-state index is 0.0272. The highest BCUT2D eigenvalue weighted by molar-refractivity contribution is 6.31. The number of hydrogen-bond donors (Lipinski definition) is 1. The van der Waals surface area contributed by atoms with Crippen LogP contribution in [0.3, 0.4) is 0 Å². The third-order valence-electron chi connectivity index (χ3n) is 5.06. The molecular formula is C20H21ClFN5O. The molecule has 0 radical (unpaired) electrons. The number of carbonyl (C=O) groups is 1. The van der Waals surface area contributed by atoms with E-state index in [-0.39, 0.29) is 16.5 Å². The van der Waals surface area contributed by atoms with Gasteiger partial charge in [-0.25, -0.2) is 4.39 Å². The van der Waals surface area contributed by atoms with E-state index in [1.54, 1.807) is 17.2 Å². The van der Waals surface area contributed by atoms with Crippen LogP contribution in [0.1, 0.15) is 10.4 Å². The number of amides is 1. The Morgan fingerprint density at radius 1 is 1.21 bits per heavy atom. The van der Waals surface area contributed by atoms with Crippen LogP contribution < -0.4 is 4.90 Å². The van der Waals surface area contributed by atoms with Gasteiger partial charge in [0.2, 0.25) is 0 Å². The number of aromatic nitrogens is 2. The second kappa shape index (κ2) is 8.16. The summed E-state index contributed by atoms with van der Waals surface area (Å²) in [4.78, 5) is 18.8. The smallest absolute Gasteiger partial charge is 0.256 e. The number of aromatic amines is 1. The van der Waals surface area contributed by atoms with Crippen molar-refractivity contribution in [1.82, 2.24) is 20.0 Å². The van der Waals surface area contributed by atoms with Crippen LogP contribution >= 0.6 is 11.6 Å². The molecular weight excluding hydrogens is 381 g/mol. The van der Waals surface area contributed by atoms with Crippen molar-refractivity contribution in [3.63, 3.8) is 0 Å². The number of halogens is 2. The lowest BCUT2D eigenvalue weighted by molar-refractivity contribution is 0.0642. The van der Waals surface area contributed by atoms with Crippen molar-refractivity contribution in [2.24, 2.45) is 0 Å². The molecule has 0 bridgehead atoms. The van der Waals surface area contributed by atoms with Gasteiger partial charge in [-0.3, -0.25) is 14.8 Å². The van der Waals surface area contributed by atoms with Gasteiger partial charge in [-0.05, 0) is 18.2 Å². The number of H-pyrrole nitrogens is 1. The number of piperazine rings is 1. The first-order valence-corrected chi connectivity index (χ1v) is 9.59. The number of allylic oxidation sites excluding steroid dienone is 2. The van der Waals surface area contributed by atoms with Gasteiger partial charge in [-0.15, -0.1) is 0 Å². The molecule has 2 aromatic rings. The average Bonchev–Trinajstić information content (AvgIpc) is 3.25. The van der Waals surface area contributed by atoms with E-state index in [1.807, 2.05) is 6.07 Å². The SMILES string of the molecule is O=C(c1cccc(Cl)c1F)N1CCN(CC2=CC=CCN2c2ccn[nH]2)CC1. The quantitative estimate of drug-likeness (QED) is 0.855. The van der Waals surface area contributed by atoms with Gasteiger partial charge in [-0.2, -0.15) is 5.10 Å². The maximum atomic E-state index is 14.2. The fraction of sp³-hybridized carbons (Fsp3) is 0.300. The summed E-state index contributed by atoms with van der Waals surface area (Å²) in [5, 5.41) is 7.01. The Morgan fingerprint density at radius 2 is 2.04 bits per heavy atom. The minimum atomic E-state index is -0.647. The van der Waals surface area contributed by atoms with Crippen molar-refractivity contribution in [2.75, 3.05) is 44.2 Å². The Morgan fingerprint density at radius 3 is 2.79 bits per heavy atom. The van der Waals surface area contributed by atoms with Gasteiger partial charge in [0.15, 0.2) is 5.82 Å². The molecule has 0 atom stereocenters. The Labute approximate surface area is 167 Å². The number of benzene rings is 1. The summed E-state index contributed by atoms with van der Waals surface area (Å²) in [5.74, 6) is 0.00495. The highest BCUT2D eigenvalue weighted by atomic mass is 35.5. The fourth-order valence-corrected chi connectivity index (χ4v) is 3.69. The third kappa shape index (κ3) is 3.81. The maximum absolute atomic E-state index is 14.2. The van der Waals surface area contributed by atoms with Crippen LogP contribution in [0.4, 0.5) is 10.2 Å². The van der Waals surface area contributed by atoms with E-state index in [9.17, 15) is 9.18 Å². The summed E-state index contributed by atoms with van der Waals surface area (Å²) >= 11 is 5.81. The monoisotopic (exact) mass is 401 g/mol. The van der Waals surface area contributed by atoms with Crippen molar-refractivity contribution in [3.8, 4) is 0 Å². The maximum Gasteiger partial charge on any atom is 0.256 e. The molecule has 0 saturated carbocycles. The first-order chi connectivity index (χ1) is 13.6. The number of nitrogens with zero attached hydrogens (tertiary/aromatic N) is 4. The predicted molar refractivity (Wildman–Crippen MR) is 107 cm³/mol. The highest BCUT2D eigenvalue weighted by Gasteiger charge is 2.26. The molecule has 1 saturated heterocycles. The van der Waals surface area contributed by atoms with Crippen LogP contribution in [0, 0.1) is 5.82 Å². The lowest BCUT2D eigenvalue weighted by atomic mass is 10.1. The first-order valence-electron chi connectivity index (χ1n) is 9.22. The molecule has 0 spiro atoms. The molecule has 146 valence electrons. The molecule has 1 aromatic carbocycles. The number of carbonyl (C=O) groups excluding carboxylic acids is 1. The van der Waals surface area contributed by atoms with Gasteiger partial charge in [-0.1, -0.05) is 29.8 Å². The standard InChI is InChI=1S/C20H21ClFN5O/c21-17-6-3-5-16(19(17)22)20(28)26-12-10-25(11-13-26)14-15-4-1-2-9-27(15)18-7-8-23-24-18/h1-8H,9-14H2,(H,23,24). The van der Waals surface area contributed by atoms with E-state index in [0.717, 1.165) is 32.0 Å². The molecule has 1 N–H and O–H groups in total. The second-order valence-corrected chi connectivity index (χ2v) is 7.22. The summed E-state index contributed by atoms with van der Waals surface area (Å²) in [6, 6.07) is 6.48. The van der Waals surface area contributed by atoms with Crippen LogP contribution in [-0.4, -0.2) is 65.2 Å². The van der Waals surface area contributed by atoms with Crippen LogP contribution in [0.5, 0.6) is 0 Å². The van der Waals surface area contributed by atoms with Crippen LogP contribution in [0.2, 0.25) is 5.02 Å². The molecule has 2 aliphatic rings. The van der Waals surface area contributed by atoms with E-state index in [0.29, 0.717) is 13.1 Å². The van der Waals surface area contributed by atoms with Crippen LogP contribution in [-0.2, 0) is 0 Å². The van der Waals surface area contributed by atoms with E-state index in [4.69, 9.17) is 11.6 Å². The Kier molecular flexibility index (Phi) is 5.45. The van der Waals surface area contributed by atoms with Crippen molar-refractivity contribution in [1.29, 1.82) is 0 Å². The summed E-state index contributed by atoms with van der Waals surface area (Å²) in [7, 11) is 0. The normalized spacial score (nSPS) is 17.7. The zero-order valence-electron chi connectivity index (χ0n) is 15.3. The van der Waals surface area contributed by atoms with Gasteiger partial charge in [0.1, 0.15) is 5.82 Å². The molecule has 8 heteroatoms. The zero-order valence-corrected chi connectivity index (χ0v) is 16.1. The molecule has 0 aliphatic carbocycles. The summed E-state index contributed by atoms with van der Waals surface area (Å²) < 4.78 is 14.2. The van der Waals surface area contributed by atoms with Crippen molar-refractivity contribution in [2.45, 2.75) is 0 Å². The van der Waals surface area contributed by atoms with E-state index < -0.39 is 5.82 Å². The van der Waals surface area contributed by atoms with E-state index in [2.05, 4.69) is 38.2 Å². The van der Waals surface area contributed by atoms with Crippen LogP contribution in [0.25, 0.3) is 0 Å². The van der Waals surface area contributed by atoms with Gasteiger partial charge in [0, 0.05) is 51.0 Å². The number of anilines is 1. The molecule has 4 rings (SSSR count). The third-order valence-corrected chi connectivity index (χ3v) is 5.36. The van der Waals surface area contributed by atoms with Gasteiger partial charge in [0.05, 0.1) is 16.8 Å². The summed E-state index contributed by atoms with van der Waals surface area (Å²) in [5.41, 5.74) is 1.21. The fourth-order valence-electron chi connectivity index (χ4n) is 3.52. The number of rotatable bonds is 4. The number of nitrogens with one attached hydrogen (secondary N) is 1. The van der Waals surface area contributed by atoms with E-state index >= 15 is 0 Å². The van der Waals surface area contributed by atoms with Gasteiger partial charge < -0.3 is 9.80 Å². The molecule has 0 unspecified atom stereocenters. The topological polar surface area (TPSA) is 55.5 Å². The minimum Gasteiger partial charge on any atom is -0.336 e. The highest BCUT2D eigenvalue weighted by Crippen LogP contribution is 2.22. The molecule has 3 heterocycles. The summed E-state index contributed by atoms with van der Waals surface area (Å²) in [6.07, 6.45) is 8.00. The molecule has 1 aromatic heterocycles. The Hall–Kier alpha value is -2.64. The largest absolute Gasteiger partial charge is 0.336 e. The summed E-state index contributed by atoms with van der Waals surface area (Å²) in [6.45, 7) is 4.13. The molecule has 28 heavy (non-hydrogen) atoms. The van der Waals surface area contributed by atoms with Crippen molar-refractivity contribution < 1.29 is 9.18 Å². The van der Waals surface area contributed by atoms with E-state index in [1.165, 1.54) is 17.8 Å². The Balaban J connectivity index is 1.38. The predicted octanol–water partition coefficient (Wildman–Crippen LogP) is 2.92.